The molecule has 2 fully saturated rings. The molecule has 372 valence electrons. The number of aliphatic hydroxyl groups excluding tert-OH is 7. The molecule has 13 N–H and O–H groups in total. The lowest BCUT2D eigenvalue weighted by molar-refractivity contribution is -0.140. The van der Waals surface area contributed by atoms with E-state index in [-0.39, 0.29) is 124 Å². The zero-order chi connectivity index (χ0) is 47.8. The standard InChI is InChI=1S/C38H73N9O17/c48-27-31(52)38(64)37(63)30(51)21-47(19-28(49)17-42-7-5-40(22-32(53)54)3-1-39-2-4-41(6-8-42)23-33(55)56)20-29(50)18-43-9-11-44(24-34(57)58)13-15-46(26-36(61)62)16-14-45(12-10-43)25-35(59)60/h28-31,37-39,48-52,63-64H,1-27H2,(H,53,54)(H,55,56)(H,57,58)(H,59,60)(H,61,62). The van der Waals surface area contributed by atoms with Gasteiger partial charge in [0.15, 0.2) is 0 Å². The zero-order valence-electron chi connectivity index (χ0n) is 36.5. The molecule has 26 heteroatoms. The summed E-state index contributed by atoms with van der Waals surface area (Å²) in [6, 6.07) is 0. The molecule has 0 spiro atoms. The molecule has 6 atom stereocenters. The van der Waals surface area contributed by atoms with E-state index < -0.39 is 79.6 Å². The molecule has 26 nitrogen and oxygen atoms in total. The molecule has 0 aliphatic carbocycles. The first kappa shape index (κ1) is 56.8. The fraction of sp³-hybridized carbons (Fsp3) is 0.868. The fourth-order valence-corrected chi connectivity index (χ4v) is 7.66. The van der Waals surface area contributed by atoms with E-state index in [9.17, 15) is 85.3 Å². The maximum absolute atomic E-state index is 11.7. The molecule has 2 saturated heterocycles. The summed E-state index contributed by atoms with van der Waals surface area (Å²) in [4.78, 5) is 71.6. The van der Waals surface area contributed by atoms with Crippen molar-refractivity contribution in [2.45, 2.75) is 36.6 Å². The van der Waals surface area contributed by atoms with Gasteiger partial charge in [-0.2, -0.15) is 0 Å². The average molecular weight is 928 g/mol. The first-order valence-corrected chi connectivity index (χ1v) is 21.5. The summed E-state index contributed by atoms with van der Waals surface area (Å²) >= 11 is 0. The summed E-state index contributed by atoms with van der Waals surface area (Å²) < 4.78 is 0. The molecule has 0 radical (unpaired) electrons. The average Bonchev–Trinajstić information content (AvgIpc) is 3.19. The monoisotopic (exact) mass is 928 g/mol. The molecule has 0 saturated carbocycles. The van der Waals surface area contributed by atoms with Crippen molar-refractivity contribution in [1.29, 1.82) is 0 Å². The zero-order valence-corrected chi connectivity index (χ0v) is 36.5. The summed E-state index contributed by atoms with van der Waals surface area (Å²) in [7, 11) is 0. The maximum atomic E-state index is 11.7. The molecule has 0 aromatic rings. The molecular weight excluding hydrogens is 854 g/mol. The maximum Gasteiger partial charge on any atom is 0.317 e. The predicted molar refractivity (Wildman–Crippen MR) is 226 cm³/mol. The number of hydrogen-bond acceptors (Lipinski definition) is 21. The van der Waals surface area contributed by atoms with Crippen LogP contribution in [0.25, 0.3) is 0 Å². The van der Waals surface area contributed by atoms with Crippen molar-refractivity contribution < 1.29 is 85.3 Å². The Labute approximate surface area is 372 Å². The fourth-order valence-electron chi connectivity index (χ4n) is 7.66. The topological polar surface area (TPSA) is 366 Å². The molecule has 64 heavy (non-hydrogen) atoms. The predicted octanol–water partition coefficient (Wildman–Crippen LogP) is -8.40. The number of carboxylic acids is 5. The van der Waals surface area contributed by atoms with E-state index in [0.29, 0.717) is 39.3 Å². The molecule has 0 aromatic heterocycles. The number of aliphatic hydroxyl groups is 7. The molecule has 2 aliphatic heterocycles. The van der Waals surface area contributed by atoms with Crippen molar-refractivity contribution in [3.05, 3.63) is 0 Å². The van der Waals surface area contributed by atoms with Crippen molar-refractivity contribution in [2.24, 2.45) is 0 Å². The minimum absolute atomic E-state index is 0.0218. The Morgan fingerprint density at radius 1 is 0.406 bits per heavy atom. The number of aliphatic carboxylic acids is 5. The summed E-state index contributed by atoms with van der Waals surface area (Å²) in [5, 5.41) is 125. The second-order valence-corrected chi connectivity index (χ2v) is 16.5. The second-order valence-electron chi connectivity index (χ2n) is 16.5. The van der Waals surface area contributed by atoms with Crippen molar-refractivity contribution in [1.82, 2.24) is 44.5 Å². The Bertz CT molecular complexity index is 1330. The van der Waals surface area contributed by atoms with Gasteiger partial charge in [0.2, 0.25) is 0 Å². The molecule has 2 aliphatic rings. The van der Waals surface area contributed by atoms with Crippen molar-refractivity contribution in [3.8, 4) is 0 Å². The highest BCUT2D eigenvalue weighted by molar-refractivity contribution is 5.70. The minimum Gasteiger partial charge on any atom is -0.480 e. The molecular formula is C38H73N9O17. The Morgan fingerprint density at radius 3 is 0.953 bits per heavy atom. The van der Waals surface area contributed by atoms with E-state index in [1.54, 1.807) is 29.4 Å². The Kier molecular flexibility index (Phi) is 27.4. The van der Waals surface area contributed by atoms with E-state index >= 15 is 0 Å². The van der Waals surface area contributed by atoms with Crippen molar-refractivity contribution >= 4 is 29.8 Å². The van der Waals surface area contributed by atoms with Gasteiger partial charge in [0.25, 0.3) is 0 Å². The number of rotatable bonds is 24. The van der Waals surface area contributed by atoms with Crippen LogP contribution in [0.3, 0.4) is 0 Å². The van der Waals surface area contributed by atoms with Crippen LogP contribution < -0.4 is 5.32 Å². The van der Waals surface area contributed by atoms with Gasteiger partial charge < -0.3 is 66.6 Å². The summed E-state index contributed by atoms with van der Waals surface area (Å²) in [6.45, 7) is 0.896. The largest absolute Gasteiger partial charge is 0.480 e. The smallest absolute Gasteiger partial charge is 0.317 e. The van der Waals surface area contributed by atoms with Crippen LogP contribution in [0.4, 0.5) is 0 Å². The molecule has 0 aromatic carbocycles. The number of nitrogens with one attached hydrogen (secondary N) is 1. The number of carbonyl (C=O) groups is 5. The van der Waals surface area contributed by atoms with Gasteiger partial charge in [-0.15, -0.1) is 0 Å². The van der Waals surface area contributed by atoms with Crippen LogP contribution in [0.5, 0.6) is 0 Å². The van der Waals surface area contributed by atoms with Crippen LogP contribution >= 0.6 is 0 Å². The summed E-state index contributed by atoms with van der Waals surface area (Å²) in [6.07, 6.45) is -9.94. The van der Waals surface area contributed by atoms with E-state index in [1.165, 1.54) is 4.90 Å². The van der Waals surface area contributed by atoms with Crippen LogP contribution in [-0.4, -0.2) is 344 Å². The van der Waals surface area contributed by atoms with Crippen LogP contribution in [-0.2, 0) is 24.0 Å². The lowest BCUT2D eigenvalue weighted by Crippen LogP contribution is -2.54. The third-order valence-electron chi connectivity index (χ3n) is 11.0. The molecule has 2 rings (SSSR count). The van der Waals surface area contributed by atoms with Gasteiger partial charge in [-0.3, -0.25) is 63.2 Å². The number of hydrogen-bond donors (Lipinski definition) is 13. The third kappa shape index (κ3) is 24.8. The lowest BCUT2D eigenvalue weighted by atomic mass is 10.0. The van der Waals surface area contributed by atoms with Crippen LogP contribution in [0.15, 0.2) is 0 Å². The SMILES string of the molecule is O=C(O)CN1CCNCCN(CC(=O)O)CCN(CC(O)CN(CC(O)CN2CCN(CC(=O)O)CCN(CC(=O)O)CCN(CC(=O)O)CC2)CC(O)C(O)C(O)C(O)CO)CC1. The van der Waals surface area contributed by atoms with Crippen LogP contribution in [0, 0.1) is 0 Å². The summed E-state index contributed by atoms with van der Waals surface area (Å²) in [5.74, 6) is -5.36. The minimum atomic E-state index is -1.97. The normalized spacial score (nSPS) is 21.9. The van der Waals surface area contributed by atoms with E-state index in [4.69, 9.17) is 0 Å². The van der Waals surface area contributed by atoms with Gasteiger partial charge in [-0.1, -0.05) is 0 Å². The first-order chi connectivity index (χ1) is 30.2. The molecule has 0 bridgehead atoms. The van der Waals surface area contributed by atoms with Gasteiger partial charge >= 0.3 is 29.8 Å². The Hall–Kier alpha value is -3.29. The van der Waals surface area contributed by atoms with Crippen molar-refractivity contribution in [2.75, 3.05) is 177 Å². The Morgan fingerprint density at radius 2 is 0.672 bits per heavy atom. The summed E-state index contributed by atoms with van der Waals surface area (Å²) in [5.41, 5.74) is 0. The van der Waals surface area contributed by atoms with Gasteiger partial charge in [0.05, 0.1) is 57.6 Å². The van der Waals surface area contributed by atoms with Crippen LogP contribution in [0.1, 0.15) is 0 Å². The quantitative estimate of drug-likeness (QED) is 0.0427. The van der Waals surface area contributed by atoms with Gasteiger partial charge in [0.1, 0.15) is 18.3 Å². The van der Waals surface area contributed by atoms with E-state index in [1.807, 2.05) is 4.90 Å². The van der Waals surface area contributed by atoms with E-state index in [2.05, 4.69) is 5.32 Å². The van der Waals surface area contributed by atoms with Crippen LogP contribution in [0.2, 0.25) is 0 Å². The number of β-amino-alcohol motifs (C(OH)–C–C–N with tert-alkyl or cyclic N) is 2. The Balaban J connectivity index is 2.35. The molecule has 6 unspecified atom stereocenters. The first-order valence-electron chi connectivity index (χ1n) is 21.5. The van der Waals surface area contributed by atoms with Gasteiger partial charge in [0, 0.05) is 137 Å². The number of nitrogens with zero attached hydrogens (tertiary/aromatic N) is 8. The van der Waals surface area contributed by atoms with Gasteiger partial charge in [-0.25, -0.2) is 0 Å². The number of carboxylic acid groups (broad SMARTS) is 5. The third-order valence-corrected chi connectivity index (χ3v) is 11.0. The molecule has 0 amide bonds. The second kappa shape index (κ2) is 30.8. The van der Waals surface area contributed by atoms with Gasteiger partial charge in [-0.05, 0) is 0 Å². The highest BCUT2D eigenvalue weighted by Crippen LogP contribution is 2.11. The van der Waals surface area contributed by atoms with E-state index in [0.717, 1.165) is 0 Å². The highest BCUT2D eigenvalue weighted by atomic mass is 16.4. The van der Waals surface area contributed by atoms with Crippen molar-refractivity contribution in [3.63, 3.8) is 0 Å². The molecule has 2 heterocycles. The lowest BCUT2D eigenvalue weighted by Gasteiger charge is -2.36. The highest BCUT2D eigenvalue weighted by Gasteiger charge is 2.33.